The van der Waals surface area contributed by atoms with E-state index in [-0.39, 0.29) is 6.61 Å². The van der Waals surface area contributed by atoms with Crippen molar-refractivity contribution >= 4 is 5.84 Å². The highest BCUT2D eigenvalue weighted by Crippen LogP contribution is 2.06. The van der Waals surface area contributed by atoms with E-state index in [1.165, 1.54) is 6.26 Å². The van der Waals surface area contributed by atoms with Crippen LogP contribution in [0.25, 0.3) is 5.84 Å². The van der Waals surface area contributed by atoms with Crippen LogP contribution in [0.15, 0.2) is 23.1 Å². The lowest BCUT2D eigenvalue weighted by Gasteiger charge is -1.85. The molecular weight excluding hydrogens is 132 g/mol. The van der Waals surface area contributed by atoms with Gasteiger partial charge in [-0.1, -0.05) is 0 Å². The summed E-state index contributed by atoms with van der Waals surface area (Å²) in [5.41, 5.74) is 0.715. The first-order valence-corrected chi connectivity index (χ1v) is 2.92. The summed E-state index contributed by atoms with van der Waals surface area (Å²) >= 11 is 0. The lowest BCUT2D eigenvalue weighted by atomic mass is 10.5. The van der Waals surface area contributed by atoms with Crippen molar-refractivity contribution in [2.24, 2.45) is 0 Å². The Hall–Kier alpha value is -1.29. The Kier molecular flexibility index (Phi) is 1.01. The molecule has 4 heteroatoms. The van der Waals surface area contributed by atoms with Gasteiger partial charge in [0.25, 0.3) is 0 Å². The van der Waals surface area contributed by atoms with Crippen molar-refractivity contribution in [3.05, 3.63) is 24.4 Å². The molecule has 52 valence electrons. The van der Waals surface area contributed by atoms with Crippen LogP contribution in [0.3, 0.4) is 0 Å². The molecule has 4 nitrogen and oxygen atoms in total. The summed E-state index contributed by atoms with van der Waals surface area (Å²) in [4.78, 5) is 3.87. The average Bonchev–Trinajstić information content (AvgIpc) is 2.44. The largest absolute Gasteiger partial charge is 0.431 e. The van der Waals surface area contributed by atoms with Crippen molar-refractivity contribution in [2.45, 2.75) is 6.61 Å². The van der Waals surface area contributed by atoms with Crippen molar-refractivity contribution in [3.8, 4) is 0 Å². The molecule has 0 radical (unpaired) electrons. The van der Waals surface area contributed by atoms with Gasteiger partial charge in [0, 0.05) is 12.4 Å². The molecule has 2 rings (SSSR count). The van der Waals surface area contributed by atoms with Crippen LogP contribution in [-0.4, -0.2) is 14.5 Å². The molecule has 0 spiro atoms. The Bertz CT molecular complexity index is 336. The lowest BCUT2D eigenvalue weighted by molar-refractivity contribution is 0.275. The zero-order valence-corrected chi connectivity index (χ0v) is 5.19. The lowest BCUT2D eigenvalue weighted by Crippen LogP contribution is -1.86. The Morgan fingerprint density at radius 1 is 1.70 bits per heavy atom. The number of hydrogen-bond acceptors (Lipinski definition) is 3. The fraction of sp³-hybridized carbons (Fsp3) is 0.167. The van der Waals surface area contributed by atoms with Gasteiger partial charge in [0.15, 0.2) is 0 Å². The Balaban J connectivity index is 2.76. The maximum atomic E-state index is 8.73. The maximum absolute atomic E-state index is 8.73. The molecule has 0 aliphatic carbocycles. The number of hydrogen-bond donors (Lipinski definition) is 1. The molecule has 0 unspecified atom stereocenters. The van der Waals surface area contributed by atoms with E-state index in [0.29, 0.717) is 11.5 Å². The molecule has 0 saturated heterocycles. The Morgan fingerprint density at radius 3 is 3.40 bits per heavy atom. The first-order valence-electron chi connectivity index (χ1n) is 2.92. The number of aromatic nitrogens is 2. The maximum Gasteiger partial charge on any atom is 0.305 e. The van der Waals surface area contributed by atoms with E-state index in [1.807, 2.05) is 0 Å². The monoisotopic (exact) mass is 138 g/mol. The summed E-state index contributed by atoms with van der Waals surface area (Å²) in [6.07, 6.45) is 4.85. The topological polar surface area (TPSA) is 50.7 Å². The van der Waals surface area contributed by atoms with Crippen molar-refractivity contribution < 1.29 is 9.52 Å². The molecular formula is C6H6N2O2. The van der Waals surface area contributed by atoms with Gasteiger partial charge in [0.1, 0.15) is 6.26 Å². The smallest absolute Gasteiger partial charge is 0.305 e. The summed E-state index contributed by atoms with van der Waals surface area (Å²) in [5.74, 6) is 0.518. The third-order valence-corrected chi connectivity index (χ3v) is 1.38. The molecule has 10 heavy (non-hydrogen) atoms. The van der Waals surface area contributed by atoms with E-state index in [0.717, 1.165) is 0 Å². The highest BCUT2D eigenvalue weighted by atomic mass is 16.3. The summed E-state index contributed by atoms with van der Waals surface area (Å²) < 4.78 is 6.67. The number of aliphatic hydroxyl groups excluding tert-OH is 1. The Labute approximate surface area is 56.7 Å². The second-order valence-corrected chi connectivity index (χ2v) is 1.96. The minimum absolute atomic E-state index is 0.0244. The Morgan fingerprint density at radius 2 is 2.60 bits per heavy atom. The van der Waals surface area contributed by atoms with Crippen LogP contribution in [0, 0.1) is 0 Å². The van der Waals surface area contributed by atoms with E-state index in [4.69, 9.17) is 9.52 Å². The van der Waals surface area contributed by atoms with E-state index in [9.17, 15) is 0 Å². The fourth-order valence-corrected chi connectivity index (χ4v) is 0.886. The molecule has 1 N–H and O–H groups in total. The normalized spacial score (nSPS) is 10.9. The molecule has 0 saturated carbocycles. The van der Waals surface area contributed by atoms with Crippen molar-refractivity contribution in [2.75, 3.05) is 0 Å². The molecule has 0 bridgehead atoms. The summed E-state index contributed by atoms with van der Waals surface area (Å²) in [7, 11) is 0. The van der Waals surface area contributed by atoms with Crippen LogP contribution in [0.5, 0.6) is 0 Å². The van der Waals surface area contributed by atoms with Gasteiger partial charge in [-0.3, -0.25) is 4.40 Å². The van der Waals surface area contributed by atoms with Crippen LogP contribution in [0.2, 0.25) is 0 Å². The van der Waals surface area contributed by atoms with Crippen LogP contribution in [0.4, 0.5) is 0 Å². The van der Waals surface area contributed by atoms with Crippen LogP contribution in [-0.2, 0) is 6.61 Å². The highest BCUT2D eigenvalue weighted by Gasteiger charge is 2.01. The number of oxazole rings is 1. The van der Waals surface area contributed by atoms with Gasteiger partial charge in [-0.05, 0) is 0 Å². The molecule has 2 aromatic heterocycles. The predicted molar refractivity (Wildman–Crippen MR) is 33.4 cm³/mol. The van der Waals surface area contributed by atoms with E-state index in [2.05, 4.69) is 4.98 Å². The van der Waals surface area contributed by atoms with Crippen LogP contribution >= 0.6 is 0 Å². The van der Waals surface area contributed by atoms with Gasteiger partial charge in [-0.2, -0.15) is 0 Å². The third-order valence-electron chi connectivity index (χ3n) is 1.38. The second-order valence-electron chi connectivity index (χ2n) is 1.96. The first-order chi connectivity index (χ1) is 4.92. The van der Waals surface area contributed by atoms with Gasteiger partial charge in [-0.15, -0.1) is 0 Å². The predicted octanol–water partition coefficient (Wildman–Crippen LogP) is 0.420. The average molecular weight is 138 g/mol. The number of rotatable bonds is 1. The van der Waals surface area contributed by atoms with Gasteiger partial charge in [0.2, 0.25) is 0 Å². The molecule has 0 atom stereocenters. The van der Waals surface area contributed by atoms with E-state index >= 15 is 0 Å². The number of nitrogens with zero attached hydrogens (tertiary/aromatic N) is 2. The summed E-state index contributed by atoms with van der Waals surface area (Å²) in [6, 6.07) is 0. The number of fused-ring (bicyclic) bond motifs is 1. The number of imidazole rings is 1. The molecule has 0 aliphatic rings. The molecule has 2 aromatic rings. The quantitative estimate of drug-likeness (QED) is 0.621. The van der Waals surface area contributed by atoms with Crippen molar-refractivity contribution in [1.29, 1.82) is 0 Å². The molecule has 2 heterocycles. The van der Waals surface area contributed by atoms with Gasteiger partial charge >= 0.3 is 5.84 Å². The van der Waals surface area contributed by atoms with Gasteiger partial charge in [0.05, 0.1) is 12.3 Å². The zero-order valence-electron chi connectivity index (χ0n) is 5.19. The third kappa shape index (κ3) is 0.563. The molecule has 0 aliphatic heterocycles. The van der Waals surface area contributed by atoms with Crippen molar-refractivity contribution in [1.82, 2.24) is 9.38 Å². The standard InChI is InChI=1S/C6H6N2O2/c9-3-5-4-10-6-7-1-2-8(5)6/h1-2,4,9H,3H2. The molecule has 0 aromatic carbocycles. The van der Waals surface area contributed by atoms with Crippen molar-refractivity contribution in [3.63, 3.8) is 0 Å². The minimum Gasteiger partial charge on any atom is -0.431 e. The van der Waals surface area contributed by atoms with Crippen LogP contribution in [0.1, 0.15) is 5.69 Å². The molecule has 0 amide bonds. The number of aliphatic hydroxyl groups is 1. The SMILES string of the molecule is OCc1coc2nccn12. The minimum atomic E-state index is -0.0244. The van der Waals surface area contributed by atoms with Gasteiger partial charge < -0.3 is 9.52 Å². The fourth-order valence-electron chi connectivity index (χ4n) is 0.886. The zero-order chi connectivity index (χ0) is 6.97. The van der Waals surface area contributed by atoms with E-state index in [1.54, 1.807) is 16.8 Å². The van der Waals surface area contributed by atoms with Gasteiger partial charge in [-0.25, -0.2) is 4.98 Å². The molecule has 0 fully saturated rings. The second kappa shape index (κ2) is 1.85. The summed E-state index contributed by atoms with van der Waals surface area (Å²) in [6.45, 7) is -0.0244. The highest BCUT2D eigenvalue weighted by molar-refractivity contribution is 5.25. The summed E-state index contributed by atoms with van der Waals surface area (Å²) in [5, 5.41) is 8.73. The van der Waals surface area contributed by atoms with Crippen LogP contribution < -0.4 is 0 Å². The first kappa shape index (κ1) is 5.49. The van der Waals surface area contributed by atoms with E-state index < -0.39 is 0 Å².